The highest BCUT2D eigenvalue weighted by atomic mass is 16.5. The van der Waals surface area contributed by atoms with E-state index >= 15 is 0 Å². The topological polar surface area (TPSA) is 52.6 Å². The molecular weight excluding hydrogens is 376 g/mol. The zero-order chi connectivity index (χ0) is 21.4. The zero-order valence-corrected chi connectivity index (χ0v) is 17.3. The van der Waals surface area contributed by atoms with Gasteiger partial charge in [0.2, 0.25) is 0 Å². The number of carbonyl (C=O) groups excluding carboxylic acids is 2. The van der Waals surface area contributed by atoms with Gasteiger partial charge in [-0.1, -0.05) is 80.6 Å². The Morgan fingerprint density at radius 2 is 1.03 bits per heavy atom. The van der Waals surface area contributed by atoms with Crippen LogP contribution in [-0.2, 0) is 14.9 Å². The normalized spacial score (nSPS) is 11.2. The summed E-state index contributed by atoms with van der Waals surface area (Å²) in [5, 5.41) is 0. The summed E-state index contributed by atoms with van der Waals surface area (Å²) in [6.45, 7) is 4.29. The number of benzene rings is 3. The minimum atomic E-state index is -0.670. The van der Waals surface area contributed by atoms with Crippen LogP contribution in [-0.4, -0.2) is 25.2 Å². The molecule has 0 atom stereocenters. The maximum Gasteiger partial charge on any atom is 0.338 e. The fourth-order valence-electron chi connectivity index (χ4n) is 3.35. The van der Waals surface area contributed by atoms with Crippen LogP contribution in [0.25, 0.3) is 0 Å². The second kappa shape index (κ2) is 9.88. The molecule has 0 fully saturated rings. The largest absolute Gasteiger partial charge is 0.461 e. The highest BCUT2D eigenvalue weighted by molar-refractivity contribution is 5.90. The summed E-state index contributed by atoms with van der Waals surface area (Å²) >= 11 is 0. The molecule has 0 aromatic heterocycles. The fraction of sp³-hybridized carbons (Fsp3) is 0.231. The van der Waals surface area contributed by atoms with Gasteiger partial charge < -0.3 is 9.47 Å². The lowest BCUT2D eigenvalue weighted by Gasteiger charge is -2.37. The van der Waals surface area contributed by atoms with Gasteiger partial charge >= 0.3 is 11.9 Å². The molecule has 30 heavy (non-hydrogen) atoms. The number of rotatable bonds is 8. The summed E-state index contributed by atoms with van der Waals surface area (Å²) in [7, 11) is 0. The van der Waals surface area contributed by atoms with Gasteiger partial charge in [-0.2, -0.15) is 0 Å². The lowest BCUT2D eigenvalue weighted by atomic mass is 9.73. The Kier molecular flexibility index (Phi) is 7.02. The molecule has 4 nitrogen and oxygen atoms in total. The summed E-state index contributed by atoms with van der Waals surface area (Å²) in [4.78, 5) is 25.1. The van der Waals surface area contributed by atoms with E-state index in [0.717, 1.165) is 5.56 Å². The van der Waals surface area contributed by atoms with Crippen LogP contribution in [0.4, 0.5) is 0 Å². The molecule has 0 saturated heterocycles. The molecule has 154 valence electrons. The minimum absolute atomic E-state index is 0.0482. The van der Waals surface area contributed by atoms with Gasteiger partial charge in [-0.15, -0.1) is 0 Å². The maximum atomic E-state index is 12.6. The Balaban J connectivity index is 1.84. The zero-order valence-electron chi connectivity index (χ0n) is 17.3. The number of ether oxygens (including phenoxy) is 2. The van der Waals surface area contributed by atoms with Gasteiger partial charge in [0.05, 0.1) is 16.5 Å². The molecule has 3 rings (SSSR count). The Morgan fingerprint density at radius 3 is 1.40 bits per heavy atom. The molecule has 3 aromatic carbocycles. The predicted octanol–water partition coefficient (Wildman–Crippen LogP) is 5.29. The highest BCUT2D eigenvalue weighted by Crippen LogP contribution is 2.34. The average Bonchev–Trinajstić information content (AvgIpc) is 2.80. The quantitative estimate of drug-likeness (QED) is 0.480. The molecule has 3 aromatic rings. The lowest BCUT2D eigenvalue weighted by molar-refractivity contribution is 0.00682. The molecule has 0 amide bonds. The van der Waals surface area contributed by atoms with Gasteiger partial charge in [0.15, 0.2) is 0 Å². The summed E-state index contributed by atoms with van der Waals surface area (Å²) < 4.78 is 11.4. The minimum Gasteiger partial charge on any atom is -0.461 e. The van der Waals surface area contributed by atoms with Crippen LogP contribution in [0.5, 0.6) is 0 Å². The van der Waals surface area contributed by atoms with Crippen LogP contribution in [0.2, 0.25) is 0 Å². The smallest absolute Gasteiger partial charge is 0.338 e. The predicted molar refractivity (Wildman–Crippen MR) is 116 cm³/mol. The summed E-state index contributed by atoms with van der Waals surface area (Å²) in [6, 6.07) is 27.5. The third kappa shape index (κ3) is 4.95. The first-order valence-corrected chi connectivity index (χ1v) is 10.0. The van der Waals surface area contributed by atoms with E-state index < -0.39 is 17.4 Å². The molecule has 0 aliphatic carbocycles. The van der Waals surface area contributed by atoms with Gasteiger partial charge in [0.25, 0.3) is 0 Å². The maximum absolute atomic E-state index is 12.6. The van der Waals surface area contributed by atoms with Crippen molar-refractivity contribution in [2.75, 3.05) is 13.2 Å². The van der Waals surface area contributed by atoms with E-state index in [4.69, 9.17) is 9.47 Å². The molecule has 0 heterocycles. The lowest BCUT2D eigenvalue weighted by Crippen LogP contribution is -2.43. The molecule has 0 spiro atoms. The molecule has 4 heteroatoms. The van der Waals surface area contributed by atoms with Crippen LogP contribution in [0, 0.1) is 5.92 Å². The number of hydrogen-bond acceptors (Lipinski definition) is 4. The monoisotopic (exact) mass is 402 g/mol. The molecule has 0 radical (unpaired) electrons. The van der Waals surface area contributed by atoms with Crippen LogP contribution >= 0.6 is 0 Å². The first kappa shape index (κ1) is 21.3. The van der Waals surface area contributed by atoms with Crippen LogP contribution in [0.3, 0.4) is 0 Å². The second-order valence-electron chi connectivity index (χ2n) is 7.56. The second-order valence-corrected chi connectivity index (χ2v) is 7.56. The standard InChI is InChI=1S/C26H26O4/c1-20(2)26(23-16-10-5-11-17-23,18-29-24(27)21-12-6-3-7-13-21)19-30-25(28)22-14-8-4-9-15-22/h3-17,20H,18-19H2,1-2H3. The van der Waals surface area contributed by atoms with Crippen LogP contribution in [0.15, 0.2) is 91.0 Å². The SMILES string of the molecule is CC(C)C(COC(=O)c1ccccc1)(COC(=O)c1ccccc1)c1ccccc1. The summed E-state index contributed by atoms with van der Waals surface area (Å²) in [6.07, 6.45) is 0. The highest BCUT2D eigenvalue weighted by Gasteiger charge is 2.39. The van der Waals surface area contributed by atoms with Gasteiger partial charge in [0.1, 0.15) is 13.2 Å². The van der Waals surface area contributed by atoms with E-state index in [2.05, 4.69) is 0 Å². The third-order valence-electron chi connectivity index (χ3n) is 5.39. The number of carbonyl (C=O) groups is 2. The fourth-order valence-corrected chi connectivity index (χ4v) is 3.35. The van der Waals surface area contributed by atoms with Crippen molar-refractivity contribution in [3.8, 4) is 0 Å². The van der Waals surface area contributed by atoms with Crippen molar-refractivity contribution in [3.05, 3.63) is 108 Å². The van der Waals surface area contributed by atoms with Gasteiger partial charge in [-0.05, 0) is 35.7 Å². The van der Waals surface area contributed by atoms with Crippen molar-refractivity contribution in [3.63, 3.8) is 0 Å². The Hall–Kier alpha value is -3.40. The van der Waals surface area contributed by atoms with Gasteiger partial charge in [-0.3, -0.25) is 0 Å². The third-order valence-corrected chi connectivity index (χ3v) is 5.39. The average molecular weight is 402 g/mol. The van der Waals surface area contributed by atoms with E-state index in [0.29, 0.717) is 11.1 Å². The molecule has 0 unspecified atom stereocenters. The molecule has 0 saturated carbocycles. The van der Waals surface area contributed by atoms with Gasteiger partial charge in [0, 0.05) is 0 Å². The molecule has 0 aliphatic heterocycles. The summed E-state index contributed by atoms with van der Waals surface area (Å²) in [5.41, 5.74) is 1.27. The van der Waals surface area contributed by atoms with Crippen molar-refractivity contribution in [2.24, 2.45) is 5.92 Å². The first-order valence-electron chi connectivity index (χ1n) is 10.0. The van der Waals surface area contributed by atoms with Crippen molar-refractivity contribution in [2.45, 2.75) is 19.3 Å². The Morgan fingerprint density at radius 1 is 0.667 bits per heavy atom. The van der Waals surface area contributed by atoms with Crippen molar-refractivity contribution in [1.82, 2.24) is 0 Å². The van der Waals surface area contributed by atoms with Crippen molar-refractivity contribution < 1.29 is 19.1 Å². The molecule has 0 bridgehead atoms. The Bertz CT molecular complexity index is 895. The van der Waals surface area contributed by atoms with E-state index in [1.54, 1.807) is 48.5 Å². The number of hydrogen-bond donors (Lipinski definition) is 0. The van der Waals surface area contributed by atoms with Gasteiger partial charge in [-0.25, -0.2) is 9.59 Å². The van der Waals surface area contributed by atoms with Crippen LogP contribution in [0.1, 0.15) is 40.1 Å². The van der Waals surface area contributed by atoms with Crippen molar-refractivity contribution in [1.29, 1.82) is 0 Å². The molecule has 0 aliphatic rings. The summed E-state index contributed by atoms with van der Waals surface area (Å²) in [5.74, 6) is -0.746. The Labute approximate surface area is 177 Å². The van der Waals surface area contributed by atoms with E-state index in [9.17, 15) is 9.59 Å². The molecular formula is C26H26O4. The van der Waals surface area contributed by atoms with E-state index in [1.807, 2.05) is 56.3 Å². The number of esters is 2. The van der Waals surface area contributed by atoms with E-state index in [-0.39, 0.29) is 19.1 Å². The van der Waals surface area contributed by atoms with Crippen molar-refractivity contribution >= 4 is 11.9 Å². The van der Waals surface area contributed by atoms with Crippen LogP contribution < -0.4 is 0 Å². The first-order chi connectivity index (χ1) is 14.5. The molecule has 0 N–H and O–H groups in total. The van der Waals surface area contributed by atoms with E-state index in [1.165, 1.54) is 0 Å².